The molecule has 0 amide bonds. The molecule has 0 aromatic carbocycles. The first-order valence-electron chi connectivity index (χ1n) is 5.06. The van der Waals surface area contributed by atoms with Crippen molar-refractivity contribution in [2.45, 2.75) is 13.3 Å². The molecule has 2 heterocycles. The van der Waals surface area contributed by atoms with Crippen LogP contribution in [0.25, 0.3) is 5.95 Å². The second kappa shape index (κ2) is 4.61. The highest BCUT2D eigenvalue weighted by atomic mass is 16.5. The van der Waals surface area contributed by atoms with Crippen molar-refractivity contribution in [3.8, 4) is 11.8 Å². The molecule has 2 N–H and O–H groups in total. The molecule has 0 saturated heterocycles. The zero-order valence-corrected chi connectivity index (χ0v) is 9.00. The summed E-state index contributed by atoms with van der Waals surface area (Å²) < 4.78 is 6.91. The molecule has 0 radical (unpaired) electrons. The summed E-state index contributed by atoms with van der Waals surface area (Å²) in [5.74, 6) is 0.992. The van der Waals surface area contributed by atoms with Crippen LogP contribution in [0.2, 0.25) is 0 Å². The van der Waals surface area contributed by atoms with Crippen LogP contribution in [0.15, 0.2) is 24.7 Å². The summed E-state index contributed by atoms with van der Waals surface area (Å²) in [6, 6.07) is 1.71. The van der Waals surface area contributed by atoms with Gasteiger partial charge in [0.1, 0.15) is 0 Å². The van der Waals surface area contributed by atoms with E-state index in [9.17, 15) is 0 Å². The minimum atomic E-state index is 0.449. The lowest BCUT2D eigenvalue weighted by Gasteiger charge is -2.04. The Morgan fingerprint density at radius 1 is 1.50 bits per heavy atom. The zero-order valence-electron chi connectivity index (χ0n) is 9.00. The minimum Gasteiger partial charge on any atom is -0.478 e. The van der Waals surface area contributed by atoms with Crippen molar-refractivity contribution in [1.29, 1.82) is 0 Å². The summed E-state index contributed by atoms with van der Waals surface area (Å²) in [4.78, 5) is 8.29. The van der Waals surface area contributed by atoms with E-state index in [1.807, 2.05) is 6.92 Å². The Kier molecular flexibility index (Phi) is 3.00. The molecule has 0 bridgehead atoms. The van der Waals surface area contributed by atoms with Gasteiger partial charge in [0.25, 0.3) is 5.95 Å². The van der Waals surface area contributed by atoms with E-state index in [1.165, 1.54) is 4.68 Å². The molecule has 84 valence electrons. The molecule has 0 spiro atoms. The topological polar surface area (TPSA) is 78.9 Å². The molecule has 0 unspecified atom stereocenters. The van der Waals surface area contributed by atoms with Gasteiger partial charge < -0.3 is 10.5 Å². The van der Waals surface area contributed by atoms with Gasteiger partial charge in [0.2, 0.25) is 5.88 Å². The number of nitrogens with two attached hydrogens (primary N) is 1. The zero-order chi connectivity index (χ0) is 11.4. The van der Waals surface area contributed by atoms with E-state index in [-0.39, 0.29) is 0 Å². The summed E-state index contributed by atoms with van der Waals surface area (Å²) in [6.45, 7) is 2.67. The third kappa shape index (κ3) is 2.28. The first-order chi connectivity index (χ1) is 7.79. The quantitative estimate of drug-likeness (QED) is 0.830. The maximum Gasteiger partial charge on any atom is 0.253 e. The van der Waals surface area contributed by atoms with Crippen LogP contribution in [0.5, 0.6) is 5.88 Å². The number of nitrogen functional groups attached to an aromatic ring is 1. The van der Waals surface area contributed by atoms with E-state index in [0.29, 0.717) is 24.1 Å². The smallest absolute Gasteiger partial charge is 0.253 e. The largest absolute Gasteiger partial charge is 0.478 e. The molecule has 2 rings (SSSR count). The Labute approximate surface area is 93.1 Å². The fraction of sp³-hybridized carbons (Fsp3) is 0.300. The van der Waals surface area contributed by atoms with Gasteiger partial charge in [-0.25, -0.2) is 9.67 Å². The van der Waals surface area contributed by atoms with Crippen LogP contribution in [0.1, 0.15) is 13.3 Å². The molecule has 2 aromatic rings. The van der Waals surface area contributed by atoms with Gasteiger partial charge >= 0.3 is 0 Å². The number of hydrogen-bond donors (Lipinski definition) is 1. The SMILES string of the molecule is CCCOc1ccnc(-n2cc(N)cn2)n1. The van der Waals surface area contributed by atoms with Crippen molar-refractivity contribution >= 4 is 5.69 Å². The second-order valence-corrected chi connectivity index (χ2v) is 3.26. The second-order valence-electron chi connectivity index (χ2n) is 3.26. The Morgan fingerprint density at radius 2 is 2.38 bits per heavy atom. The summed E-state index contributed by atoms with van der Waals surface area (Å²) in [5, 5.41) is 4.02. The van der Waals surface area contributed by atoms with Crippen molar-refractivity contribution < 1.29 is 4.74 Å². The molecular formula is C10H13N5O. The molecule has 0 atom stereocenters. The molecule has 0 aliphatic heterocycles. The molecule has 16 heavy (non-hydrogen) atoms. The number of ether oxygens (including phenoxy) is 1. The van der Waals surface area contributed by atoms with Crippen LogP contribution < -0.4 is 10.5 Å². The molecule has 2 aromatic heterocycles. The van der Waals surface area contributed by atoms with Gasteiger partial charge in [-0.2, -0.15) is 10.1 Å². The van der Waals surface area contributed by atoms with Crippen LogP contribution in [0.4, 0.5) is 5.69 Å². The van der Waals surface area contributed by atoms with Gasteiger partial charge in [-0.05, 0) is 6.42 Å². The molecule has 0 fully saturated rings. The number of nitrogens with zero attached hydrogens (tertiary/aromatic N) is 4. The van der Waals surface area contributed by atoms with Crippen molar-refractivity contribution in [1.82, 2.24) is 19.7 Å². The van der Waals surface area contributed by atoms with Crippen molar-refractivity contribution in [2.75, 3.05) is 12.3 Å². The highest BCUT2D eigenvalue weighted by Crippen LogP contribution is 2.09. The third-order valence-electron chi connectivity index (χ3n) is 1.88. The summed E-state index contributed by atoms with van der Waals surface area (Å²) in [7, 11) is 0. The maximum atomic E-state index is 5.56. The predicted molar refractivity (Wildman–Crippen MR) is 59.4 cm³/mol. The minimum absolute atomic E-state index is 0.449. The van der Waals surface area contributed by atoms with E-state index >= 15 is 0 Å². The summed E-state index contributed by atoms with van der Waals surface area (Å²) in [6.07, 6.45) is 5.76. The fourth-order valence-corrected chi connectivity index (χ4v) is 1.18. The van der Waals surface area contributed by atoms with Crippen LogP contribution in [0.3, 0.4) is 0 Å². The van der Waals surface area contributed by atoms with Gasteiger partial charge in [0.05, 0.1) is 24.7 Å². The van der Waals surface area contributed by atoms with Gasteiger partial charge in [-0.15, -0.1) is 0 Å². The van der Waals surface area contributed by atoms with Crippen LogP contribution in [-0.2, 0) is 0 Å². The van der Waals surface area contributed by atoms with Gasteiger partial charge in [0, 0.05) is 12.3 Å². The van der Waals surface area contributed by atoms with Crippen molar-refractivity contribution in [3.63, 3.8) is 0 Å². The molecule has 0 aliphatic carbocycles. The van der Waals surface area contributed by atoms with Gasteiger partial charge in [-0.3, -0.25) is 0 Å². The van der Waals surface area contributed by atoms with Gasteiger partial charge in [-0.1, -0.05) is 6.92 Å². The predicted octanol–water partition coefficient (Wildman–Crippen LogP) is 1.03. The lowest BCUT2D eigenvalue weighted by atomic mass is 10.5. The van der Waals surface area contributed by atoms with Gasteiger partial charge in [0.15, 0.2) is 0 Å². The number of anilines is 1. The van der Waals surface area contributed by atoms with E-state index in [1.54, 1.807) is 24.7 Å². The molecule has 6 nitrogen and oxygen atoms in total. The Bertz CT molecular complexity index is 468. The van der Waals surface area contributed by atoms with Crippen LogP contribution >= 0.6 is 0 Å². The highest BCUT2D eigenvalue weighted by molar-refractivity contribution is 5.33. The number of rotatable bonds is 4. The standard InChI is InChI=1S/C10H13N5O/c1-2-5-16-9-3-4-12-10(14-9)15-7-8(11)6-13-15/h3-4,6-7H,2,5,11H2,1H3. The highest BCUT2D eigenvalue weighted by Gasteiger charge is 2.03. The summed E-state index contributed by atoms with van der Waals surface area (Å²) in [5.41, 5.74) is 6.14. The Hall–Kier alpha value is -2.11. The average molecular weight is 219 g/mol. The third-order valence-corrected chi connectivity index (χ3v) is 1.88. The van der Waals surface area contributed by atoms with Crippen LogP contribution in [0, 0.1) is 0 Å². The van der Waals surface area contributed by atoms with Crippen molar-refractivity contribution in [2.24, 2.45) is 0 Å². The van der Waals surface area contributed by atoms with E-state index < -0.39 is 0 Å². The maximum absolute atomic E-state index is 5.56. The monoisotopic (exact) mass is 219 g/mol. The lowest BCUT2D eigenvalue weighted by Crippen LogP contribution is -2.04. The van der Waals surface area contributed by atoms with E-state index in [2.05, 4.69) is 15.1 Å². The first kappa shape index (κ1) is 10.4. The first-order valence-corrected chi connectivity index (χ1v) is 5.06. The molecular weight excluding hydrogens is 206 g/mol. The lowest BCUT2D eigenvalue weighted by molar-refractivity contribution is 0.304. The molecule has 6 heteroatoms. The summed E-state index contributed by atoms with van der Waals surface area (Å²) >= 11 is 0. The Morgan fingerprint density at radius 3 is 3.06 bits per heavy atom. The van der Waals surface area contributed by atoms with Crippen LogP contribution in [-0.4, -0.2) is 26.4 Å². The number of hydrogen-bond acceptors (Lipinski definition) is 5. The average Bonchev–Trinajstić information content (AvgIpc) is 2.74. The fourth-order valence-electron chi connectivity index (χ4n) is 1.18. The normalized spacial score (nSPS) is 10.3. The van der Waals surface area contributed by atoms with E-state index in [4.69, 9.17) is 10.5 Å². The number of aromatic nitrogens is 4. The molecule has 0 saturated carbocycles. The molecule has 0 aliphatic rings. The van der Waals surface area contributed by atoms with Crippen molar-refractivity contribution in [3.05, 3.63) is 24.7 Å². The van der Waals surface area contributed by atoms with E-state index in [0.717, 1.165) is 6.42 Å². The Balaban J connectivity index is 2.22.